The van der Waals surface area contributed by atoms with Crippen molar-refractivity contribution in [2.75, 3.05) is 32.7 Å². The molecule has 20 heavy (non-hydrogen) atoms. The first-order valence-electron chi connectivity index (χ1n) is 7.36. The Balaban J connectivity index is 2.40. The van der Waals surface area contributed by atoms with Crippen LogP contribution in [0.4, 0.5) is 0 Å². The lowest BCUT2D eigenvalue weighted by Crippen LogP contribution is -2.29. The van der Waals surface area contributed by atoms with Gasteiger partial charge in [-0.3, -0.25) is 4.90 Å². The van der Waals surface area contributed by atoms with Crippen LogP contribution in [0.2, 0.25) is 0 Å². The van der Waals surface area contributed by atoms with E-state index in [1.54, 1.807) is 6.07 Å². The van der Waals surface area contributed by atoms with Gasteiger partial charge < -0.3 is 14.4 Å². The van der Waals surface area contributed by atoms with Crippen molar-refractivity contribution >= 4 is 5.97 Å². The highest BCUT2D eigenvalue weighted by Crippen LogP contribution is 2.11. The van der Waals surface area contributed by atoms with Gasteiger partial charge in [-0.15, -0.1) is 0 Å². The fourth-order valence-corrected chi connectivity index (χ4v) is 2.20. The van der Waals surface area contributed by atoms with E-state index in [0.29, 0.717) is 12.3 Å². The standard InChI is InChI=1S/C15H26N2O3/c1-4-16(5-2)8-7-9-17(6-3)11-14-10-13(12-20-14)15(18)19/h10,12H,4-9,11H2,1-3H3,(H,18,19). The van der Waals surface area contributed by atoms with Crippen molar-refractivity contribution in [3.05, 3.63) is 23.7 Å². The molecule has 1 aromatic heterocycles. The quantitative estimate of drug-likeness (QED) is 0.714. The van der Waals surface area contributed by atoms with Crippen LogP contribution in [-0.2, 0) is 6.54 Å². The number of carboxylic acids is 1. The molecule has 0 fully saturated rings. The molecule has 1 aromatic rings. The molecule has 0 bridgehead atoms. The largest absolute Gasteiger partial charge is 0.478 e. The van der Waals surface area contributed by atoms with Crippen LogP contribution in [0.5, 0.6) is 0 Å². The Bertz CT molecular complexity index is 400. The van der Waals surface area contributed by atoms with Gasteiger partial charge in [0, 0.05) is 0 Å². The van der Waals surface area contributed by atoms with E-state index in [0.717, 1.165) is 39.1 Å². The Hall–Kier alpha value is -1.33. The SMILES string of the molecule is CCN(CC)CCCN(CC)Cc1cc(C(=O)O)co1. The lowest BCUT2D eigenvalue weighted by molar-refractivity contribution is 0.0696. The fourth-order valence-electron chi connectivity index (χ4n) is 2.20. The van der Waals surface area contributed by atoms with Gasteiger partial charge in [-0.05, 0) is 45.2 Å². The highest BCUT2D eigenvalue weighted by atomic mass is 16.4. The molecule has 0 radical (unpaired) electrons. The topological polar surface area (TPSA) is 56.9 Å². The summed E-state index contributed by atoms with van der Waals surface area (Å²) in [4.78, 5) is 15.5. The zero-order valence-corrected chi connectivity index (χ0v) is 12.8. The van der Waals surface area contributed by atoms with Gasteiger partial charge >= 0.3 is 5.97 Å². The molecule has 0 amide bonds. The third-order valence-electron chi connectivity index (χ3n) is 3.57. The van der Waals surface area contributed by atoms with E-state index in [2.05, 4.69) is 30.6 Å². The summed E-state index contributed by atoms with van der Waals surface area (Å²) in [5, 5.41) is 8.87. The Morgan fingerprint density at radius 1 is 1.15 bits per heavy atom. The molecular weight excluding hydrogens is 256 g/mol. The predicted octanol–water partition coefficient (Wildman–Crippen LogP) is 2.53. The van der Waals surface area contributed by atoms with E-state index >= 15 is 0 Å². The molecule has 0 saturated carbocycles. The van der Waals surface area contributed by atoms with Crippen molar-refractivity contribution in [3.63, 3.8) is 0 Å². The summed E-state index contributed by atoms with van der Waals surface area (Å²) >= 11 is 0. The smallest absolute Gasteiger partial charge is 0.338 e. The van der Waals surface area contributed by atoms with Crippen molar-refractivity contribution in [2.24, 2.45) is 0 Å². The van der Waals surface area contributed by atoms with E-state index in [-0.39, 0.29) is 5.56 Å². The first kappa shape index (κ1) is 16.7. The summed E-state index contributed by atoms with van der Waals surface area (Å²) in [5.41, 5.74) is 0.221. The Kier molecular flexibility index (Phi) is 7.33. The van der Waals surface area contributed by atoms with Crippen LogP contribution in [-0.4, -0.2) is 53.6 Å². The lowest BCUT2D eigenvalue weighted by atomic mass is 10.3. The molecule has 0 unspecified atom stereocenters. The van der Waals surface area contributed by atoms with Crippen LogP contribution < -0.4 is 0 Å². The van der Waals surface area contributed by atoms with E-state index in [1.807, 2.05) is 0 Å². The summed E-state index contributed by atoms with van der Waals surface area (Å²) in [6.07, 6.45) is 2.42. The van der Waals surface area contributed by atoms with Gasteiger partial charge in [0.15, 0.2) is 0 Å². The van der Waals surface area contributed by atoms with Gasteiger partial charge in [-0.2, -0.15) is 0 Å². The number of nitrogens with zero attached hydrogens (tertiary/aromatic N) is 2. The predicted molar refractivity (Wildman–Crippen MR) is 79.0 cm³/mol. The number of rotatable bonds is 10. The molecular formula is C15H26N2O3. The number of carbonyl (C=O) groups is 1. The van der Waals surface area contributed by atoms with Gasteiger partial charge in [-0.25, -0.2) is 4.79 Å². The van der Waals surface area contributed by atoms with Crippen molar-refractivity contribution in [3.8, 4) is 0 Å². The molecule has 0 aliphatic carbocycles. The average Bonchev–Trinajstić information content (AvgIpc) is 2.91. The molecule has 5 heteroatoms. The van der Waals surface area contributed by atoms with E-state index in [9.17, 15) is 4.79 Å². The second kappa shape index (κ2) is 8.76. The Morgan fingerprint density at radius 3 is 2.25 bits per heavy atom. The maximum Gasteiger partial charge on any atom is 0.338 e. The van der Waals surface area contributed by atoms with Crippen LogP contribution in [0.15, 0.2) is 16.7 Å². The first-order valence-corrected chi connectivity index (χ1v) is 7.36. The maximum atomic E-state index is 10.8. The summed E-state index contributed by atoms with van der Waals surface area (Å²) in [7, 11) is 0. The zero-order chi connectivity index (χ0) is 15.0. The summed E-state index contributed by atoms with van der Waals surface area (Å²) in [6, 6.07) is 1.61. The molecule has 5 nitrogen and oxygen atoms in total. The summed E-state index contributed by atoms with van der Waals surface area (Å²) in [6.45, 7) is 12.3. The van der Waals surface area contributed by atoms with Crippen molar-refractivity contribution in [1.82, 2.24) is 9.80 Å². The molecule has 1 heterocycles. The molecule has 114 valence electrons. The zero-order valence-electron chi connectivity index (χ0n) is 12.8. The third-order valence-corrected chi connectivity index (χ3v) is 3.57. The van der Waals surface area contributed by atoms with Gasteiger partial charge in [0.25, 0.3) is 0 Å². The lowest BCUT2D eigenvalue weighted by Gasteiger charge is -2.22. The molecule has 0 saturated heterocycles. The van der Waals surface area contributed by atoms with Gasteiger partial charge in [-0.1, -0.05) is 20.8 Å². The van der Waals surface area contributed by atoms with Gasteiger partial charge in [0.05, 0.1) is 12.1 Å². The molecule has 1 N–H and O–H groups in total. The summed E-state index contributed by atoms with van der Waals surface area (Å²) in [5.74, 6) is -0.225. The van der Waals surface area contributed by atoms with Crippen molar-refractivity contribution in [2.45, 2.75) is 33.7 Å². The monoisotopic (exact) mass is 282 g/mol. The van der Waals surface area contributed by atoms with Crippen LogP contribution in [0.25, 0.3) is 0 Å². The van der Waals surface area contributed by atoms with Gasteiger partial charge in [0.1, 0.15) is 12.0 Å². The second-order valence-electron chi connectivity index (χ2n) is 4.86. The molecule has 0 atom stereocenters. The highest BCUT2D eigenvalue weighted by molar-refractivity contribution is 5.87. The minimum Gasteiger partial charge on any atom is -0.478 e. The number of furan rings is 1. The molecule has 1 rings (SSSR count). The van der Waals surface area contributed by atoms with Crippen molar-refractivity contribution in [1.29, 1.82) is 0 Å². The number of aromatic carboxylic acids is 1. The molecule has 0 aliphatic heterocycles. The van der Waals surface area contributed by atoms with Crippen molar-refractivity contribution < 1.29 is 14.3 Å². The minimum absolute atomic E-state index is 0.221. The first-order chi connectivity index (χ1) is 9.60. The number of hydrogen-bond acceptors (Lipinski definition) is 4. The van der Waals surface area contributed by atoms with Crippen LogP contribution in [0, 0.1) is 0 Å². The molecule has 0 aliphatic rings. The fraction of sp³-hybridized carbons (Fsp3) is 0.667. The van der Waals surface area contributed by atoms with Gasteiger partial charge in [0.2, 0.25) is 0 Å². The molecule has 0 spiro atoms. The highest BCUT2D eigenvalue weighted by Gasteiger charge is 2.11. The summed E-state index contributed by atoms with van der Waals surface area (Å²) < 4.78 is 5.30. The van der Waals surface area contributed by atoms with Crippen LogP contribution >= 0.6 is 0 Å². The normalized spacial score (nSPS) is 11.4. The second-order valence-corrected chi connectivity index (χ2v) is 4.86. The van der Waals surface area contributed by atoms with E-state index < -0.39 is 5.97 Å². The number of carboxylic acid groups (broad SMARTS) is 1. The Labute approximate surface area is 121 Å². The maximum absolute atomic E-state index is 10.8. The van der Waals surface area contributed by atoms with E-state index in [4.69, 9.17) is 9.52 Å². The minimum atomic E-state index is -0.940. The van der Waals surface area contributed by atoms with E-state index in [1.165, 1.54) is 6.26 Å². The number of hydrogen-bond donors (Lipinski definition) is 1. The Morgan fingerprint density at radius 2 is 1.75 bits per heavy atom. The van der Waals surface area contributed by atoms with Crippen LogP contribution in [0.3, 0.4) is 0 Å². The van der Waals surface area contributed by atoms with Crippen LogP contribution in [0.1, 0.15) is 43.3 Å². The third kappa shape index (κ3) is 5.35. The average molecular weight is 282 g/mol. The molecule has 0 aromatic carbocycles.